The molecule has 2 N–H and O–H groups in total. The highest BCUT2D eigenvalue weighted by molar-refractivity contribution is 6.00. The van der Waals surface area contributed by atoms with E-state index in [9.17, 15) is 9.59 Å². The number of anilines is 3. The van der Waals surface area contributed by atoms with Gasteiger partial charge in [0.15, 0.2) is 0 Å². The molecule has 3 aromatic rings. The normalized spacial score (nSPS) is 13.8. The van der Waals surface area contributed by atoms with Crippen molar-refractivity contribution in [1.29, 1.82) is 0 Å². The molecule has 1 heterocycles. The van der Waals surface area contributed by atoms with Gasteiger partial charge in [-0.05, 0) is 49.2 Å². The predicted octanol–water partition coefficient (Wildman–Crippen LogP) is 5.47. The van der Waals surface area contributed by atoms with Gasteiger partial charge in [0.1, 0.15) is 0 Å². The van der Waals surface area contributed by atoms with Crippen molar-refractivity contribution < 1.29 is 9.59 Å². The van der Waals surface area contributed by atoms with Crippen LogP contribution in [0.15, 0.2) is 78.9 Å². The minimum atomic E-state index is -0.325. The van der Waals surface area contributed by atoms with Gasteiger partial charge in [-0.25, -0.2) is 9.59 Å². The topological polar surface area (TPSA) is 64.7 Å². The van der Waals surface area contributed by atoms with Crippen LogP contribution in [-0.4, -0.2) is 30.1 Å². The largest absolute Gasteiger partial charge is 0.324 e. The number of nitrogens with zero attached hydrogens (tertiary/aromatic N) is 2. The maximum Gasteiger partial charge on any atom is 0.324 e. The summed E-state index contributed by atoms with van der Waals surface area (Å²) in [5, 5.41) is 5.64. The fourth-order valence-corrected chi connectivity index (χ4v) is 3.65. The summed E-state index contributed by atoms with van der Waals surface area (Å²) in [4.78, 5) is 29.1. The second kappa shape index (κ2) is 9.34. The first kappa shape index (κ1) is 20.5. The van der Waals surface area contributed by atoms with Gasteiger partial charge in [0, 0.05) is 36.7 Å². The van der Waals surface area contributed by atoms with E-state index in [1.54, 1.807) is 4.90 Å². The number of para-hydroxylation sites is 1. The maximum absolute atomic E-state index is 13.1. The van der Waals surface area contributed by atoms with Crippen LogP contribution in [0.1, 0.15) is 17.5 Å². The fourth-order valence-electron chi connectivity index (χ4n) is 3.65. The average Bonchev–Trinajstić information content (AvgIpc) is 2.77. The molecule has 1 aliphatic heterocycles. The van der Waals surface area contributed by atoms with Crippen LogP contribution in [0.25, 0.3) is 0 Å². The summed E-state index contributed by atoms with van der Waals surface area (Å²) in [6, 6.07) is 24.6. The van der Waals surface area contributed by atoms with Crippen LogP contribution in [0.2, 0.25) is 0 Å². The molecule has 4 amide bonds. The van der Waals surface area contributed by atoms with Gasteiger partial charge in [-0.2, -0.15) is 0 Å². The zero-order valence-corrected chi connectivity index (χ0v) is 17.5. The van der Waals surface area contributed by atoms with Crippen LogP contribution in [0.4, 0.5) is 26.7 Å². The molecule has 0 radical (unpaired) electrons. The molecular formula is C25H26N4O2. The lowest BCUT2D eigenvalue weighted by molar-refractivity contribution is 0.192. The van der Waals surface area contributed by atoms with Crippen molar-refractivity contribution in [2.24, 2.45) is 0 Å². The standard InChI is InChI=1S/C25H26N4O2/c1-19-11-13-20(14-12-19)18-28-15-6-16-29(25(28)31)23-10-5-9-22(17-23)27-24(30)26-21-7-3-2-4-8-21/h2-5,7-14,17H,6,15-16,18H2,1H3,(H2,26,27,30). The van der Waals surface area contributed by atoms with Crippen molar-refractivity contribution in [1.82, 2.24) is 4.90 Å². The summed E-state index contributed by atoms with van der Waals surface area (Å²) in [6.45, 7) is 4.04. The van der Waals surface area contributed by atoms with E-state index in [4.69, 9.17) is 0 Å². The van der Waals surface area contributed by atoms with Crippen molar-refractivity contribution in [3.63, 3.8) is 0 Å². The number of benzene rings is 3. The zero-order chi connectivity index (χ0) is 21.6. The molecule has 0 unspecified atom stereocenters. The Morgan fingerprint density at radius 3 is 2.35 bits per heavy atom. The minimum Gasteiger partial charge on any atom is -0.320 e. The second-order valence-electron chi connectivity index (χ2n) is 7.69. The van der Waals surface area contributed by atoms with Gasteiger partial charge >= 0.3 is 12.1 Å². The van der Waals surface area contributed by atoms with E-state index in [0.29, 0.717) is 24.5 Å². The lowest BCUT2D eigenvalue weighted by Crippen LogP contribution is -2.49. The van der Waals surface area contributed by atoms with E-state index in [1.807, 2.05) is 59.5 Å². The Bertz CT molecular complexity index is 1050. The fraction of sp³-hybridized carbons (Fsp3) is 0.200. The summed E-state index contributed by atoms with van der Waals surface area (Å²) in [5.41, 5.74) is 4.45. The number of amides is 4. The molecule has 0 bridgehead atoms. The summed E-state index contributed by atoms with van der Waals surface area (Å²) in [7, 11) is 0. The van der Waals surface area contributed by atoms with Gasteiger partial charge in [0.25, 0.3) is 0 Å². The van der Waals surface area contributed by atoms with Gasteiger partial charge < -0.3 is 15.5 Å². The van der Waals surface area contributed by atoms with Crippen LogP contribution in [0.3, 0.4) is 0 Å². The molecule has 0 aliphatic carbocycles. The SMILES string of the molecule is Cc1ccc(CN2CCCN(c3cccc(NC(=O)Nc4ccccc4)c3)C2=O)cc1. The third-order valence-corrected chi connectivity index (χ3v) is 5.25. The highest BCUT2D eigenvalue weighted by Gasteiger charge is 2.27. The van der Waals surface area contributed by atoms with Gasteiger partial charge in [-0.1, -0.05) is 54.1 Å². The smallest absolute Gasteiger partial charge is 0.320 e. The van der Waals surface area contributed by atoms with E-state index in [-0.39, 0.29) is 12.1 Å². The Morgan fingerprint density at radius 2 is 1.58 bits per heavy atom. The highest BCUT2D eigenvalue weighted by atomic mass is 16.2. The quantitative estimate of drug-likeness (QED) is 0.581. The number of urea groups is 2. The van der Waals surface area contributed by atoms with Crippen molar-refractivity contribution >= 4 is 29.1 Å². The number of carbonyl (C=O) groups is 2. The number of rotatable bonds is 5. The number of aryl methyl sites for hydroxylation is 1. The summed E-state index contributed by atoms with van der Waals surface area (Å²) >= 11 is 0. The van der Waals surface area contributed by atoms with Crippen molar-refractivity contribution in [3.8, 4) is 0 Å². The number of hydrogen-bond donors (Lipinski definition) is 2. The van der Waals surface area contributed by atoms with Gasteiger partial charge in [-0.15, -0.1) is 0 Å². The third-order valence-electron chi connectivity index (χ3n) is 5.25. The van der Waals surface area contributed by atoms with E-state index in [2.05, 4.69) is 41.8 Å². The van der Waals surface area contributed by atoms with Crippen molar-refractivity contribution in [2.75, 3.05) is 28.6 Å². The first-order valence-electron chi connectivity index (χ1n) is 10.4. The molecule has 158 valence electrons. The monoisotopic (exact) mass is 414 g/mol. The average molecular weight is 415 g/mol. The van der Waals surface area contributed by atoms with E-state index < -0.39 is 0 Å². The molecule has 4 rings (SSSR count). The van der Waals surface area contributed by atoms with Crippen LogP contribution < -0.4 is 15.5 Å². The molecule has 0 saturated carbocycles. The molecule has 0 spiro atoms. The Kier molecular flexibility index (Phi) is 6.17. The molecule has 3 aromatic carbocycles. The van der Waals surface area contributed by atoms with Gasteiger partial charge in [0.05, 0.1) is 0 Å². The first-order chi connectivity index (χ1) is 15.1. The lowest BCUT2D eigenvalue weighted by Gasteiger charge is -2.36. The summed E-state index contributed by atoms with van der Waals surface area (Å²) in [6.07, 6.45) is 0.893. The first-order valence-corrected chi connectivity index (χ1v) is 10.4. The minimum absolute atomic E-state index is 0.0160. The zero-order valence-electron chi connectivity index (χ0n) is 17.5. The molecule has 0 aromatic heterocycles. The number of hydrogen-bond acceptors (Lipinski definition) is 2. The molecule has 6 nitrogen and oxygen atoms in total. The van der Waals surface area contributed by atoms with E-state index >= 15 is 0 Å². The second-order valence-corrected chi connectivity index (χ2v) is 7.69. The number of carbonyl (C=O) groups excluding carboxylic acids is 2. The molecule has 31 heavy (non-hydrogen) atoms. The third kappa shape index (κ3) is 5.22. The van der Waals surface area contributed by atoms with E-state index in [0.717, 1.165) is 24.2 Å². The van der Waals surface area contributed by atoms with Crippen LogP contribution in [0, 0.1) is 6.92 Å². The van der Waals surface area contributed by atoms with Crippen LogP contribution in [0.5, 0.6) is 0 Å². The number of nitrogens with one attached hydrogen (secondary N) is 2. The van der Waals surface area contributed by atoms with Crippen LogP contribution in [-0.2, 0) is 6.54 Å². The Labute approximate surface area is 182 Å². The molecular weight excluding hydrogens is 388 g/mol. The van der Waals surface area contributed by atoms with Gasteiger partial charge in [-0.3, -0.25) is 4.90 Å². The molecule has 1 saturated heterocycles. The Hall–Kier alpha value is -3.80. The molecule has 1 fully saturated rings. The Balaban J connectivity index is 1.43. The van der Waals surface area contributed by atoms with Crippen LogP contribution >= 0.6 is 0 Å². The maximum atomic E-state index is 13.1. The van der Waals surface area contributed by atoms with Gasteiger partial charge in [0.2, 0.25) is 0 Å². The summed E-state index contributed by atoms with van der Waals surface area (Å²) in [5.74, 6) is 0. The Morgan fingerprint density at radius 1 is 0.871 bits per heavy atom. The van der Waals surface area contributed by atoms with Crippen molar-refractivity contribution in [3.05, 3.63) is 90.0 Å². The highest BCUT2D eigenvalue weighted by Crippen LogP contribution is 2.24. The predicted molar refractivity (Wildman–Crippen MR) is 124 cm³/mol. The lowest BCUT2D eigenvalue weighted by atomic mass is 10.1. The molecule has 0 atom stereocenters. The van der Waals surface area contributed by atoms with E-state index in [1.165, 1.54) is 5.56 Å². The summed E-state index contributed by atoms with van der Waals surface area (Å²) < 4.78 is 0. The molecule has 1 aliphatic rings. The van der Waals surface area contributed by atoms with Crippen molar-refractivity contribution in [2.45, 2.75) is 19.9 Å². The molecule has 6 heteroatoms.